The van der Waals surface area contributed by atoms with E-state index in [2.05, 4.69) is 0 Å². The van der Waals surface area contributed by atoms with Crippen LogP contribution in [0.5, 0.6) is 0 Å². The molecule has 0 saturated carbocycles. The maximum Gasteiger partial charge on any atom is 0.0917 e. The van der Waals surface area contributed by atoms with Gasteiger partial charge in [0, 0.05) is 6.42 Å². The van der Waals surface area contributed by atoms with Crippen molar-refractivity contribution in [3.63, 3.8) is 0 Å². The van der Waals surface area contributed by atoms with Gasteiger partial charge in [-0.15, -0.1) is 0 Å². The maximum atomic E-state index is 9.54. The number of rotatable bonds is 2. The lowest BCUT2D eigenvalue weighted by atomic mass is 9.89. The molecule has 0 fully saturated rings. The van der Waals surface area contributed by atoms with Crippen molar-refractivity contribution in [1.29, 1.82) is 0 Å². The van der Waals surface area contributed by atoms with E-state index < -0.39 is 5.60 Å². The minimum Gasteiger partial charge on any atom is -0.501 e. The van der Waals surface area contributed by atoms with Gasteiger partial charge in [0.1, 0.15) is 0 Å². The van der Waals surface area contributed by atoms with Crippen molar-refractivity contribution in [2.24, 2.45) is 0 Å². The Hall–Kier alpha value is -0.540. The predicted molar refractivity (Wildman–Crippen MR) is 41.0 cm³/mol. The first kappa shape index (κ1) is 8.56. The van der Waals surface area contributed by atoms with Crippen molar-refractivity contribution in [2.45, 2.75) is 24.9 Å². The van der Waals surface area contributed by atoms with Crippen LogP contribution < -0.4 is 0 Å². The lowest BCUT2D eigenvalue weighted by Crippen LogP contribution is -2.34. The summed E-state index contributed by atoms with van der Waals surface area (Å²) in [6, 6.07) is 0. The molecule has 0 aromatic rings. The van der Waals surface area contributed by atoms with E-state index in [1.165, 1.54) is 0 Å². The molecule has 3 heteroatoms. The number of methoxy groups -OCH3 is 1. The molecule has 1 aliphatic carbocycles. The molecule has 2 N–H and O–H groups in total. The molecule has 3 nitrogen and oxygen atoms in total. The Morgan fingerprint density at radius 1 is 1.73 bits per heavy atom. The van der Waals surface area contributed by atoms with E-state index in [1.807, 2.05) is 6.08 Å². The Morgan fingerprint density at radius 3 is 2.82 bits per heavy atom. The number of allylic oxidation sites excluding steroid dienone is 1. The Morgan fingerprint density at radius 2 is 2.45 bits per heavy atom. The predicted octanol–water partition coefficient (Wildman–Crippen LogP) is 0.424. The Bertz CT molecular complexity index is 165. The highest BCUT2D eigenvalue weighted by molar-refractivity contribution is 5.04. The molecule has 0 saturated heterocycles. The molecular weight excluding hydrogens is 144 g/mol. The minimum atomic E-state index is -0.901. The quantitative estimate of drug-likeness (QED) is 0.612. The summed E-state index contributed by atoms with van der Waals surface area (Å²) < 4.78 is 5.00. The van der Waals surface area contributed by atoms with Gasteiger partial charge in [-0.05, 0) is 18.9 Å². The Labute approximate surface area is 66.3 Å². The fourth-order valence-corrected chi connectivity index (χ4v) is 1.19. The standard InChI is InChI=1S/C8H14O3/c1-11-7-2-4-8(10,6-9)5-3-7/h2,9-10H,3-6H2,1H3. The van der Waals surface area contributed by atoms with Crippen LogP contribution in [0.2, 0.25) is 0 Å². The average Bonchev–Trinajstić information content (AvgIpc) is 2.06. The summed E-state index contributed by atoms with van der Waals surface area (Å²) in [4.78, 5) is 0. The van der Waals surface area contributed by atoms with Crippen LogP contribution in [0.15, 0.2) is 11.8 Å². The fourth-order valence-electron chi connectivity index (χ4n) is 1.19. The van der Waals surface area contributed by atoms with E-state index in [-0.39, 0.29) is 6.61 Å². The molecule has 0 aromatic heterocycles. The van der Waals surface area contributed by atoms with Crippen molar-refractivity contribution >= 4 is 0 Å². The van der Waals surface area contributed by atoms with Gasteiger partial charge in [-0.25, -0.2) is 0 Å². The molecule has 1 atom stereocenters. The van der Waals surface area contributed by atoms with Crippen molar-refractivity contribution in [3.05, 3.63) is 11.8 Å². The number of aliphatic hydroxyl groups is 2. The van der Waals surface area contributed by atoms with Gasteiger partial charge in [0.2, 0.25) is 0 Å². The SMILES string of the molecule is COC1=CCC(O)(CO)CC1. The molecule has 0 heterocycles. The largest absolute Gasteiger partial charge is 0.501 e. The van der Waals surface area contributed by atoms with Crippen LogP contribution >= 0.6 is 0 Å². The van der Waals surface area contributed by atoms with Crippen molar-refractivity contribution < 1.29 is 14.9 Å². The van der Waals surface area contributed by atoms with E-state index in [9.17, 15) is 5.11 Å². The van der Waals surface area contributed by atoms with E-state index >= 15 is 0 Å². The molecule has 1 aliphatic rings. The monoisotopic (exact) mass is 158 g/mol. The number of aliphatic hydroxyl groups excluding tert-OH is 1. The zero-order valence-corrected chi connectivity index (χ0v) is 6.71. The highest BCUT2D eigenvalue weighted by Gasteiger charge is 2.28. The molecule has 0 aromatic carbocycles. The van der Waals surface area contributed by atoms with Crippen LogP contribution in [0.4, 0.5) is 0 Å². The third-order valence-electron chi connectivity index (χ3n) is 2.10. The molecule has 64 valence electrons. The molecular formula is C8H14O3. The van der Waals surface area contributed by atoms with Crippen LogP contribution in [-0.4, -0.2) is 29.5 Å². The molecule has 1 rings (SSSR count). The van der Waals surface area contributed by atoms with E-state index in [1.54, 1.807) is 7.11 Å². The summed E-state index contributed by atoms with van der Waals surface area (Å²) in [5.41, 5.74) is -0.901. The normalized spacial score (nSPS) is 31.4. The van der Waals surface area contributed by atoms with Gasteiger partial charge >= 0.3 is 0 Å². The third-order valence-corrected chi connectivity index (χ3v) is 2.10. The van der Waals surface area contributed by atoms with Gasteiger partial charge in [-0.3, -0.25) is 0 Å². The second kappa shape index (κ2) is 3.24. The summed E-state index contributed by atoms with van der Waals surface area (Å²) in [6.07, 6.45) is 3.63. The van der Waals surface area contributed by atoms with Crippen LogP contribution in [0.1, 0.15) is 19.3 Å². The summed E-state index contributed by atoms with van der Waals surface area (Å²) in [5, 5.41) is 18.3. The first-order valence-corrected chi connectivity index (χ1v) is 3.76. The Kier molecular flexibility index (Phi) is 2.52. The van der Waals surface area contributed by atoms with Crippen LogP contribution in [0.3, 0.4) is 0 Å². The van der Waals surface area contributed by atoms with E-state index in [0.717, 1.165) is 5.76 Å². The van der Waals surface area contributed by atoms with Gasteiger partial charge in [0.05, 0.1) is 25.1 Å². The van der Waals surface area contributed by atoms with Gasteiger partial charge in [-0.2, -0.15) is 0 Å². The minimum absolute atomic E-state index is 0.166. The van der Waals surface area contributed by atoms with Crippen LogP contribution in [0.25, 0.3) is 0 Å². The summed E-state index contributed by atoms with van der Waals surface area (Å²) in [5.74, 6) is 0.906. The lowest BCUT2D eigenvalue weighted by Gasteiger charge is -2.28. The summed E-state index contributed by atoms with van der Waals surface area (Å²) >= 11 is 0. The van der Waals surface area contributed by atoms with Crippen molar-refractivity contribution in [1.82, 2.24) is 0 Å². The Balaban J connectivity index is 2.53. The van der Waals surface area contributed by atoms with Crippen molar-refractivity contribution in [3.8, 4) is 0 Å². The third kappa shape index (κ3) is 1.94. The first-order chi connectivity index (χ1) is 5.20. The summed E-state index contributed by atoms with van der Waals surface area (Å²) in [6.45, 7) is -0.166. The number of hydrogen-bond acceptors (Lipinski definition) is 3. The number of ether oxygens (including phenoxy) is 1. The second-order valence-electron chi connectivity index (χ2n) is 2.96. The molecule has 0 bridgehead atoms. The zero-order chi connectivity index (χ0) is 8.32. The highest BCUT2D eigenvalue weighted by atomic mass is 16.5. The zero-order valence-electron chi connectivity index (χ0n) is 6.71. The van der Waals surface area contributed by atoms with Gasteiger partial charge in [0.25, 0.3) is 0 Å². The second-order valence-corrected chi connectivity index (χ2v) is 2.96. The van der Waals surface area contributed by atoms with Gasteiger partial charge in [-0.1, -0.05) is 0 Å². The molecule has 0 radical (unpaired) electrons. The van der Waals surface area contributed by atoms with Crippen molar-refractivity contribution in [2.75, 3.05) is 13.7 Å². The smallest absolute Gasteiger partial charge is 0.0917 e. The molecule has 0 spiro atoms. The maximum absolute atomic E-state index is 9.54. The van der Waals surface area contributed by atoms with Gasteiger partial charge in [0.15, 0.2) is 0 Å². The molecule has 1 unspecified atom stereocenters. The topological polar surface area (TPSA) is 49.7 Å². The van der Waals surface area contributed by atoms with Gasteiger partial charge < -0.3 is 14.9 Å². The average molecular weight is 158 g/mol. The highest BCUT2D eigenvalue weighted by Crippen LogP contribution is 2.26. The molecule has 0 aliphatic heterocycles. The van der Waals surface area contributed by atoms with Crippen LogP contribution in [-0.2, 0) is 4.74 Å². The fraction of sp³-hybridized carbons (Fsp3) is 0.750. The number of hydrogen-bond donors (Lipinski definition) is 2. The molecule has 0 amide bonds. The van der Waals surface area contributed by atoms with E-state index in [4.69, 9.17) is 9.84 Å². The summed E-state index contributed by atoms with van der Waals surface area (Å²) in [7, 11) is 1.62. The van der Waals surface area contributed by atoms with Crippen LogP contribution in [0, 0.1) is 0 Å². The first-order valence-electron chi connectivity index (χ1n) is 3.76. The molecule has 11 heavy (non-hydrogen) atoms. The lowest BCUT2D eigenvalue weighted by molar-refractivity contribution is -0.0264. The van der Waals surface area contributed by atoms with E-state index in [0.29, 0.717) is 19.3 Å².